The summed E-state index contributed by atoms with van der Waals surface area (Å²) in [6.07, 6.45) is 4.74. The number of aliphatic imine (C=N–C) groups is 1. The van der Waals surface area contributed by atoms with E-state index in [1.165, 1.54) is 6.21 Å². The minimum Gasteiger partial charge on any atom is -0.350 e. The standard InChI is InChI=1S/C5H8N2O/c1-2-3-4-7-5(6)8/h2-4H,1H3,(H2,6,8)/b3-2+,7-4?. The van der Waals surface area contributed by atoms with Gasteiger partial charge in [-0.05, 0) is 13.0 Å². The van der Waals surface area contributed by atoms with Crippen molar-refractivity contribution in [1.29, 1.82) is 0 Å². The van der Waals surface area contributed by atoms with Gasteiger partial charge in [0.25, 0.3) is 0 Å². The average molecular weight is 112 g/mol. The van der Waals surface area contributed by atoms with Gasteiger partial charge in [0.1, 0.15) is 0 Å². The number of nitrogens with zero attached hydrogens (tertiary/aromatic N) is 1. The van der Waals surface area contributed by atoms with Gasteiger partial charge in [0.05, 0.1) is 0 Å². The Labute approximate surface area is 47.9 Å². The lowest BCUT2D eigenvalue weighted by Gasteiger charge is -1.73. The summed E-state index contributed by atoms with van der Waals surface area (Å²) < 4.78 is 0. The van der Waals surface area contributed by atoms with Crippen molar-refractivity contribution in [2.75, 3.05) is 0 Å². The minimum atomic E-state index is -0.664. The first-order chi connectivity index (χ1) is 3.77. The second kappa shape index (κ2) is 4.05. The van der Waals surface area contributed by atoms with Crippen LogP contribution in [0, 0.1) is 0 Å². The Morgan fingerprint density at radius 1 is 1.75 bits per heavy atom. The monoisotopic (exact) mass is 112 g/mol. The molecule has 0 aliphatic heterocycles. The van der Waals surface area contributed by atoms with Gasteiger partial charge in [-0.3, -0.25) is 0 Å². The molecule has 0 aliphatic rings. The van der Waals surface area contributed by atoms with E-state index in [-0.39, 0.29) is 0 Å². The summed E-state index contributed by atoms with van der Waals surface area (Å²) in [7, 11) is 0. The SMILES string of the molecule is C/C=C/C=NC(N)=O. The molecule has 3 heteroatoms. The van der Waals surface area contributed by atoms with Gasteiger partial charge in [-0.1, -0.05) is 6.08 Å². The maximum absolute atomic E-state index is 9.86. The van der Waals surface area contributed by atoms with E-state index >= 15 is 0 Å². The van der Waals surface area contributed by atoms with Crippen molar-refractivity contribution in [3.05, 3.63) is 12.2 Å². The van der Waals surface area contributed by atoms with Gasteiger partial charge in [0.2, 0.25) is 0 Å². The fourth-order valence-electron chi connectivity index (χ4n) is 0.203. The van der Waals surface area contributed by atoms with E-state index in [2.05, 4.69) is 10.7 Å². The van der Waals surface area contributed by atoms with Crippen LogP contribution in [0.2, 0.25) is 0 Å². The molecule has 0 bridgehead atoms. The Bertz CT molecular complexity index is 126. The molecule has 3 nitrogen and oxygen atoms in total. The molecule has 44 valence electrons. The molecule has 0 saturated heterocycles. The second-order valence-corrected chi connectivity index (χ2v) is 1.14. The van der Waals surface area contributed by atoms with Gasteiger partial charge in [-0.25, -0.2) is 9.79 Å². The molecule has 0 fully saturated rings. The largest absolute Gasteiger partial charge is 0.350 e. The number of amides is 2. The van der Waals surface area contributed by atoms with Crippen LogP contribution in [0.5, 0.6) is 0 Å². The Morgan fingerprint density at radius 3 is 2.75 bits per heavy atom. The molecule has 0 rings (SSSR count). The third-order valence-electron chi connectivity index (χ3n) is 0.480. The topological polar surface area (TPSA) is 55.4 Å². The lowest BCUT2D eigenvalue weighted by Crippen LogP contribution is -2.03. The quantitative estimate of drug-likeness (QED) is 0.499. The summed E-state index contributed by atoms with van der Waals surface area (Å²) in [5.74, 6) is 0. The molecule has 0 unspecified atom stereocenters. The highest BCUT2D eigenvalue weighted by Crippen LogP contribution is 1.66. The average Bonchev–Trinajstić information content (AvgIpc) is 1.66. The van der Waals surface area contributed by atoms with Crippen molar-refractivity contribution in [2.45, 2.75) is 6.92 Å². The van der Waals surface area contributed by atoms with E-state index in [0.29, 0.717) is 0 Å². The van der Waals surface area contributed by atoms with Gasteiger partial charge in [0.15, 0.2) is 0 Å². The maximum atomic E-state index is 9.86. The molecule has 2 N–H and O–H groups in total. The van der Waals surface area contributed by atoms with E-state index in [4.69, 9.17) is 0 Å². The number of primary amides is 1. The highest BCUT2D eigenvalue weighted by Gasteiger charge is 1.75. The first-order valence-electron chi connectivity index (χ1n) is 2.22. The minimum absolute atomic E-state index is 0.664. The number of rotatable bonds is 1. The van der Waals surface area contributed by atoms with Gasteiger partial charge in [-0.2, -0.15) is 0 Å². The molecule has 8 heavy (non-hydrogen) atoms. The van der Waals surface area contributed by atoms with E-state index < -0.39 is 6.03 Å². The van der Waals surface area contributed by atoms with Crippen LogP contribution >= 0.6 is 0 Å². The van der Waals surface area contributed by atoms with Crippen LogP contribution in [-0.4, -0.2) is 12.2 Å². The Hall–Kier alpha value is -1.12. The second-order valence-electron chi connectivity index (χ2n) is 1.14. The molecule has 0 saturated carbocycles. The molecule has 2 amide bonds. The predicted octanol–water partition coefficient (Wildman–Crippen LogP) is 0.712. The molecule has 0 aromatic rings. The summed E-state index contributed by atoms with van der Waals surface area (Å²) in [5, 5.41) is 0. The van der Waals surface area contributed by atoms with Gasteiger partial charge in [0, 0.05) is 6.21 Å². The molecular weight excluding hydrogens is 104 g/mol. The predicted molar refractivity (Wildman–Crippen MR) is 32.9 cm³/mol. The van der Waals surface area contributed by atoms with Crippen LogP contribution in [0.1, 0.15) is 6.92 Å². The number of hydrogen-bond acceptors (Lipinski definition) is 1. The van der Waals surface area contributed by atoms with Gasteiger partial charge >= 0.3 is 6.03 Å². The zero-order valence-electron chi connectivity index (χ0n) is 4.66. The Morgan fingerprint density at radius 2 is 2.38 bits per heavy atom. The number of carbonyl (C=O) groups excluding carboxylic acids is 1. The van der Waals surface area contributed by atoms with Crippen LogP contribution in [0.4, 0.5) is 4.79 Å². The number of carbonyl (C=O) groups is 1. The third-order valence-corrected chi connectivity index (χ3v) is 0.480. The highest BCUT2D eigenvalue weighted by molar-refractivity contribution is 5.86. The molecule has 0 aromatic carbocycles. The van der Waals surface area contributed by atoms with E-state index in [0.717, 1.165) is 0 Å². The maximum Gasteiger partial charge on any atom is 0.338 e. The summed E-state index contributed by atoms with van der Waals surface area (Å²) in [5.41, 5.74) is 4.66. The van der Waals surface area contributed by atoms with Crippen molar-refractivity contribution in [3.8, 4) is 0 Å². The molecule has 0 aromatic heterocycles. The summed E-state index contributed by atoms with van der Waals surface area (Å²) in [6.45, 7) is 1.83. The zero-order chi connectivity index (χ0) is 6.41. The number of urea groups is 1. The first-order valence-corrected chi connectivity index (χ1v) is 2.22. The fraction of sp³-hybridized carbons (Fsp3) is 0.200. The molecule has 0 aliphatic carbocycles. The number of allylic oxidation sites excluding steroid dienone is 2. The van der Waals surface area contributed by atoms with Crippen LogP contribution < -0.4 is 5.73 Å². The normalized spacial score (nSPS) is 11.1. The van der Waals surface area contributed by atoms with Crippen molar-refractivity contribution in [3.63, 3.8) is 0 Å². The first kappa shape index (κ1) is 6.88. The molecule has 0 radical (unpaired) electrons. The van der Waals surface area contributed by atoms with Crippen LogP contribution in [0.3, 0.4) is 0 Å². The van der Waals surface area contributed by atoms with E-state index in [9.17, 15) is 4.79 Å². The molecular formula is C5H8N2O. The lowest BCUT2D eigenvalue weighted by atomic mass is 10.6. The zero-order valence-corrected chi connectivity index (χ0v) is 4.66. The molecule has 0 heterocycles. The van der Waals surface area contributed by atoms with Crippen LogP contribution in [-0.2, 0) is 0 Å². The molecule has 0 atom stereocenters. The Balaban J connectivity index is 3.50. The lowest BCUT2D eigenvalue weighted by molar-refractivity contribution is 0.257. The summed E-state index contributed by atoms with van der Waals surface area (Å²) >= 11 is 0. The van der Waals surface area contributed by atoms with Gasteiger partial charge in [-0.15, -0.1) is 0 Å². The van der Waals surface area contributed by atoms with E-state index in [1.807, 2.05) is 6.92 Å². The van der Waals surface area contributed by atoms with E-state index in [1.54, 1.807) is 12.2 Å². The third kappa shape index (κ3) is 4.88. The fourth-order valence-corrected chi connectivity index (χ4v) is 0.203. The highest BCUT2D eigenvalue weighted by atomic mass is 16.2. The number of hydrogen-bond donors (Lipinski definition) is 1. The smallest absolute Gasteiger partial charge is 0.338 e. The van der Waals surface area contributed by atoms with Crippen molar-refractivity contribution in [1.82, 2.24) is 0 Å². The summed E-state index contributed by atoms with van der Waals surface area (Å²) in [6, 6.07) is -0.664. The van der Waals surface area contributed by atoms with Crippen LogP contribution in [0.15, 0.2) is 17.1 Å². The van der Waals surface area contributed by atoms with Crippen molar-refractivity contribution in [2.24, 2.45) is 10.7 Å². The van der Waals surface area contributed by atoms with Crippen LogP contribution in [0.25, 0.3) is 0 Å². The van der Waals surface area contributed by atoms with Crippen molar-refractivity contribution < 1.29 is 4.79 Å². The Kier molecular flexibility index (Phi) is 3.48. The summed E-state index contributed by atoms with van der Waals surface area (Å²) in [4.78, 5) is 13.1. The van der Waals surface area contributed by atoms with Gasteiger partial charge < -0.3 is 5.73 Å². The van der Waals surface area contributed by atoms with Crippen molar-refractivity contribution >= 4 is 12.2 Å². The molecule has 0 spiro atoms. The number of nitrogens with two attached hydrogens (primary N) is 1.